The van der Waals surface area contributed by atoms with Gasteiger partial charge < -0.3 is 14.9 Å². The van der Waals surface area contributed by atoms with Crippen LogP contribution in [-0.4, -0.2) is 40.8 Å². The number of carbonyl (C=O) groups excluding carboxylic acids is 5. The third-order valence-corrected chi connectivity index (χ3v) is 7.19. The van der Waals surface area contributed by atoms with Gasteiger partial charge in [-0.05, 0) is 18.4 Å². The van der Waals surface area contributed by atoms with Crippen molar-refractivity contribution >= 4 is 29.7 Å². The molecule has 0 saturated carbocycles. The summed E-state index contributed by atoms with van der Waals surface area (Å²) in [6.45, 7) is 2.27. The Morgan fingerprint density at radius 3 is 1.98 bits per heavy atom. The summed E-state index contributed by atoms with van der Waals surface area (Å²) in [6.07, 6.45) is 15.6. The quantitative estimate of drug-likeness (QED) is 0.0999. The lowest BCUT2D eigenvalue weighted by atomic mass is 10.0. The Hall–Kier alpha value is -3.23. The molecule has 9 nitrogen and oxygen atoms in total. The van der Waals surface area contributed by atoms with Crippen molar-refractivity contribution in [1.82, 2.24) is 10.4 Å². The Morgan fingerprint density at radius 1 is 0.878 bits per heavy atom. The molecule has 1 heterocycles. The molecule has 1 aromatic rings. The van der Waals surface area contributed by atoms with Gasteiger partial charge in [-0.1, -0.05) is 114 Å². The van der Waals surface area contributed by atoms with E-state index in [4.69, 9.17) is 9.57 Å². The second-order valence-corrected chi connectivity index (χ2v) is 10.8. The minimum atomic E-state index is -1.05. The van der Waals surface area contributed by atoms with E-state index >= 15 is 0 Å². The Kier molecular flexibility index (Phi) is 17.1. The van der Waals surface area contributed by atoms with Gasteiger partial charge in [-0.2, -0.15) is 0 Å². The topological polar surface area (TPSA) is 119 Å². The fourth-order valence-electron chi connectivity index (χ4n) is 4.72. The number of benzene rings is 1. The molecule has 1 aliphatic rings. The zero-order valence-corrected chi connectivity index (χ0v) is 24.7. The molecule has 228 valence electrons. The third kappa shape index (κ3) is 14.8. The van der Waals surface area contributed by atoms with Crippen molar-refractivity contribution in [3.8, 4) is 0 Å². The second-order valence-electron chi connectivity index (χ2n) is 10.8. The highest BCUT2D eigenvalue weighted by Gasteiger charge is 2.33. The molecule has 2 rings (SSSR count). The summed E-state index contributed by atoms with van der Waals surface area (Å²) < 4.78 is 5.39. The number of carbonyl (C=O) groups is 5. The van der Waals surface area contributed by atoms with Crippen molar-refractivity contribution in [2.45, 2.75) is 135 Å². The predicted octanol–water partition coefficient (Wildman–Crippen LogP) is 6.08. The first kappa shape index (κ1) is 34.0. The SMILES string of the molecule is CCCCCCCCCCCCCCCC(=O)N[14CH]([14CH2][14CH2][14C](=O)ON1C(=O)CCC1=O)[14C](=O)OCc1ccccc1. The van der Waals surface area contributed by atoms with E-state index in [0.717, 1.165) is 31.2 Å². The number of ether oxygens (including phenoxy) is 1. The van der Waals surface area contributed by atoms with E-state index in [2.05, 4.69) is 12.2 Å². The Labute approximate surface area is 244 Å². The van der Waals surface area contributed by atoms with Gasteiger partial charge in [-0.15, -0.1) is 5.06 Å². The summed E-state index contributed by atoms with van der Waals surface area (Å²) in [5, 5.41) is 3.16. The van der Waals surface area contributed by atoms with E-state index in [1.54, 1.807) is 0 Å². The first-order valence-corrected chi connectivity index (χ1v) is 15.5. The minimum absolute atomic E-state index is 0.00417. The van der Waals surface area contributed by atoms with Crippen LogP contribution in [0.15, 0.2) is 30.3 Å². The molecule has 0 bridgehead atoms. The minimum Gasteiger partial charge on any atom is -0.459 e. The van der Waals surface area contributed by atoms with Gasteiger partial charge in [-0.3, -0.25) is 14.4 Å². The lowest BCUT2D eigenvalue weighted by molar-refractivity contribution is -0.197. The van der Waals surface area contributed by atoms with Crippen LogP contribution in [0.25, 0.3) is 0 Å². The Morgan fingerprint density at radius 2 is 1.41 bits per heavy atom. The van der Waals surface area contributed by atoms with E-state index < -0.39 is 29.8 Å². The van der Waals surface area contributed by atoms with E-state index in [0.29, 0.717) is 5.06 Å². The molecule has 41 heavy (non-hydrogen) atoms. The van der Waals surface area contributed by atoms with Crippen molar-refractivity contribution in [2.75, 3.05) is 0 Å². The summed E-state index contributed by atoms with van der Waals surface area (Å²) in [4.78, 5) is 65.9. The van der Waals surface area contributed by atoms with E-state index in [1.807, 2.05) is 30.3 Å². The number of unbranched alkanes of at least 4 members (excludes halogenated alkanes) is 12. The molecule has 1 aromatic carbocycles. The van der Waals surface area contributed by atoms with Crippen molar-refractivity contribution in [3.63, 3.8) is 0 Å². The maximum absolute atomic E-state index is 12.8. The molecule has 3 amide bonds. The average Bonchev–Trinajstić information content (AvgIpc) is 3.29. The van der Waals surface area contributed by atoms with Crippen LogP contribution in [0, 0.1) is 0 Å². The van der Waals surface area contributed by atoms with E-state index in [-0.39, 0.29) is 44.6 Å². The highest BCUT2D eigenvalue weighted by Crippen LogP contribution is 2.15. The van der Waals surface area contributed by atoms with Crippen LogP contribution in [0.5, 0.6) is 0 Å². The van der Waals surface area contributed by atoms with Gasteiger partial charge in [0, 0.05) is 19.3 Å². The number of hydrogen-bond donors (Lipinski definition) is 1. The van der Waals surface area contributed by atoms with Crippen LogP contribution in [-0.2, 0) is 40.2 Å². The first-order chi connectivity index (χ1) is 19.9. The summed E-state index contributed by atoms with van der Waals surface area (Å²) in [5.41, 5.74) is 0.795. The van der Waals surface area contributed by atoms with E-state index in [9.17, 15) is 24.0 Å². The molecule has 0 aliphatic carbocycles. The maximum Gasteiger partial charge on any atom is 0.333 e. The van der Waals surface area contributed by atoms with Crippen LogP contribution in [0.2, 0.25) is 0 Å². The predicted molar refractivity (Wildman–Crippen MR) is 155 cm³/mol. The van der Waals surface area contributed by atoms with Crippen molar-refractivity contribution in [1.29, 1.82) is 0 Å². The van der Waals surface area contributed by atoms with Crippen LogP contribution in [0.3, 0.4) is 0 Å². The largest absolute Gasteiger partial charge is 0.459 e. The average molecular weight is 583 g/mol. The van der Waals surface area contributed by atoms with Gasteiger partial charge in [0.05, 0.1) is 6.42 Å². The first-order valence-electron chi connectivity index (χ1n) is 15.5. The zero-order chi connectivity index (χ0) is 29.7. The van der Waals surface area contributed by atoms with Crippen LogP contribution in [0.1, 0.15) is 128 Å². The molecule has 1 aliphatic heterocycles. The molecule has 1 N–H and O–H groups in total. The summed E-state index contributed by atoms with van der Waals surface area (Å²) >= 11 is 0. The van der Waals surface area contributed by atoms with Crippen molar-refractivity contribution in [3.05, 3.63) is 35.9 Å². The summed E-state index contributed by atoms with van der Waals surface area (Å²) in [6, 6.07) is 8.09. The Bertz CT molecular complexity index is 935. The molecule has 1 atom stereocenters. The number of esters is 1. The van der Waals surface area contributed by atoms with Crippen LogP contribution in [0.4, 0.5) is 0 Å². The lowest BCUT2D eigenvalue weighted by Crippen LogP contribution is -2.42. The number of imide groups is 1. The van der Waals surface area contributed by atoms with Crippen LogP contribution >= 0.6 is 0 Å². The molecule has 0 radical (unpaired) electrons. The van der Waals surface area contributed by atoms with Gasteiger partial charge >= 0.3 is 11.9 Å². The van der Waals surface area contributed by atoms with Gasteiger partial charge in [0.25, 0.3) is 11.8 Å². The second kappa shape index (κ2) is 20.6. The fourth-order valence-corrected chi connectivity index (χ4v) is 4.72. The van der Waals surface area contributed by atoms with Crippen molar-refractivity contribution in [2.24, 2.45) is 0 Å². The molecule has 0 spiro atoms. The molecule has 9 heteroatoms. The lowest BCUT2D eigenvalue weighted by Gasteiger charge is -2.18. The number of nitrogens with one attached hydrogen (secondary N) is 1. The summed E-state index contributed by atoms with van der Waals surface area (Å²) in [7, 11) is 0. The molecular formula is C32H48N2O7. The highest BCUT2D eigenvalue weighted by atomic mass is 16.9. The number of hydroxylamine groups is 2. The zero-order valence-electron chi connectivity index (χ0n) is 24.7. The standard InChI is InChI=1S/C32H48N2O7/c1-2-3-4-5-6-7-8-9-10-11-12-13-17-20-28(35)33-27(32(39)40-25-26-18-15-14-16-19-26)21-24-31(38)41-34-29(36)22-23-30(34)37/h14-16,18-19,27H,2-13,17,20-25H2,1H3,(H,33,35)/i21+2,24+2,27+2,31+2,32+2. The summed E-state index contributed by atoms with van der Waals surface area (Å²) in [5.74, 6) is -2.93. The smallest absolute Gasteiger partial charge is 0.333 e. The number of nitrogens with zero attached hydrogens (tertiary/aromatic N) is 1. The third-order valence-electron chi connectivity index (χ3n) is 7.19. The normalized spacial score (nSPS) is 13.7. The highest BCUT2D eigenvalue weighted by molar-refractivity contribution is 6.01. The monoisotopic (exact) mass is 582 g/mol. The molecule has 1 unspecified atom stereocenters. The number of rotatable bonds is 22. The molecule has 0 aromatic heterocycles. The molecule has 1 saturated heterocycles. The maximum atomic E-state index is 12.8. The van der Waals surface area contributed by atoms with Crippen LogP contribution < -0.4 is 5.32 Å². The van der Waals surface area contributed by atoms with Crippen molar-refractivity contribution < 1.29 is 33.5 Å². The van der Waals surface area contributed by atoms with Gasteiger partial charge in [-0.25, -0.2) is 9.59 Å². The van der Waals surface area contributed by atoms with Gasteiger partial charge in [0.2, 0.25) is 5.91 Å². The van der Waals surface area contributed by atoms with Gasteiger partial charge in [0.1, 0.15) is 12.6 Å². The Balaban J connectivity index is 1.69. The number of hydrogen-bond acceptors (Lipinski definition) is 7. The molecular weight excluding hydrogens is 534 g/mol. The van der Waals surface area contributed by atoms with Gasteiger partial charge in [0.15, 0.2) is 0 Å². The molecule has 1 fully saturated rings. The fraction of sp³-hybridized carbons (Fsp3) is 0.656. The van der Waals surface area contributed by atoms with E-state index in [1.165, 1.54) is 57.8 Å². The number of amides is 3.